The number of carbonyl (C=O) groups excluding carboxylic acids is 2. The fourth-order valence-electron chi connectivity index (χ4n) is 4.21. The van der Waals surface area contributed by atoms with E-state index >= 15 is 0 Å². The molecule has 0 saturated carbocycles. The Labute approximate surface area is 204 Å². The van der Waals surface area contributed by atoms with Crippen LogP contribution in [0.3, 0.4) is 0 Å². The number of carbonyl (C=O) groups is 2. The van der Waals surface area contributed by atoms with Crippen LogP contribution in [0.2, 0.25) is 0 Å². The topological polar surface area (TPSA) is 97.8 Å². The molecule has 0 atom stereocenters. The fraction of sp³-hybridized carbons (Fsp3) is 0.0741. The first-order chi connectivity index (χ1) is 17.4. The van der Waals surface area contributed by atoms with Crippen molar-refractivity contribution in [3.63, 3.8) is 0 Å². The number of aromatic nitrogens is 3. The third-order valence-corrected chi connectivity index (χ3v) is 5.99. The van der Waals surface area contributed by atoms with E-state index in [1.54, 1.807) is 47.9 Å². The molecular weight excluding hydrogens is 461 g/mol. The molecule has 5 rings (SSSR count). The van der Waals surface area contributed by atoms with Crippen molar-refractivity contribution >= 4 is 34.2 Å². The predicted molar refractivity (Wildman–Crippen MR) is 134 cm³/mol. The number of hydrazone groups is 1. The van der Waals surface area contributed by atoms with Gasteiger partial charge in [-0.1, -0.05) is 24.3 Å². The van der Waals surface area contributed by atoms with Gasteiger partial charge in [0.25, 0.3) is 11.5 Å². The minimum atomic E-state index is -0.582. The van der Waals surface area contributed by atoms with Gasteiger partial charge < -0.3 is 4.40 Å². The first kappa shape index (κ1) is 22.9. The van der Waals surface area contributed by atoms with Crippen molar-refractivity contribution in [2.75, 3.05) is 0 Å². The zero-order valence-corrected chi connectivity index (χ0v) is 19.4. The van der Waals surface area contributed by atoms with Gasteiger partial charge >= 0.3 is 0 Å². The average Bonchev–Trinajstić information content (AvgIpc) is 3.17. The van der Waals surface area contributed by atoms with Gasteiger partial charge in [-0.15, -0.1) is 0 Å². The van der Waals surface area contributed by atoms with E-state index < -0.39 is 11.7 Å². The van der Waals surface area contributed by atoms with E-state index in [-0.39, 0.29) is 17.0 Å². The Hall–Kier alpha value is -4.92. The number of halogens is 1. The third-order valence-electron chi connectivity index (χ3n) is 5.99. The van der Waals surface area contributed by atoms with Crippen molar-refractivity contribution in [2.24, 2.45) is 12.1 Å². The molecule has 3 aromatic heterocycles. The van der Waals surface area contributed by atoms with Gasteiger partial charge in [0, 0.05) is 29.8 Å². The third kappa shape index (κ3) is 3.86. The molecule has 2 aromatic carbocycles. The smallest absolute Gasteiger partial charge is 0.292 e. The number of fused-ring (bicyclic) bond motifs is 2. The van der Waals surface area contributed by atoms with Gasteiger partial charge in [-0.05, 0) is 55.0 Å². The van der Waals surface area contributed by atoms with Crippen molar-refractivity contribution < 1.29 is 14.0 Å². The molecule has 3 heterocycles. The number of nitrogens with zero attached hydrogens (tertiary/aromatic N) is 4. The number of hydrogen-bond acceptors (Lipinski definition) is 5. The molecule has 9 heteroatoms. The molecule has 1 amide bonds. The van der Waals surface area contributed by atoms with Crippen LogP contribution < -0.4 is 11.0 Å². The maximum atomic E-state index is 13.4. The molecule has 0 aliphatic heterocycles. The van der Waals surface area contributed by atoms with Crippen LogP contribution in [0.4, 0.5) is 4.39 Å². The summed E-state index contributed by atoms with van der Waals surface area (Å²) in [5.74, 6) is -1.27. The normalized spacial score (nSPS) is 11.4. The quantitative estimate of drug-likeness (QED) is 0.236. The van der Waals surface area contributed by atoms with E-state index in [0.717, 1.165) is 4.68 Å². The molecular formula is C27H20FN5O3. The summed E-state index contributed by atoms with van der Waals surface area (Å²) in [5.41, 5.74) is 5.00. The molecule has 0 radical (unpaired) electrons. The second-order valence-corrected chi connectivity index (χ2v) is 8.20. The molecule has 0 aliphatic carbocycles. The van der Waals surface area contributed by atoms with Gasteiger partial charge in [0.1, 0.15) is 5.82 Å². The number of pyridine rings is 1. The van der Waals surface area contributed by atoms with E-state index in [0.29, 0.717) is 38.7 Å². The van der Waals surface area contributed by atoms with Gasteiger partial charge in [0.2, 0.25) is 5.78 Å². The second-order valence-electron chi connectivity index (χ2n) is 8.20. The van der Waals surface area contributed by atoms with Crippen LogP contribution in [0.1, 0.15) is 37.7 Å². The second kappa shape index (κ2) is 9.03. The van der Waals surface area contributed by atoms with Crippen LogP contribution in [0, 0.1) is 12.7 Å². The lowest BCUT2D eigenvalue weighted by Gasteiger charge is -2.06. The van der Waals surface area contributed by atoms with Crippen LogP contribution in [-0.4, -0.2) is 32.1 Å². The highest BCUT2D eigenvalue weighted by atomic mass is 19.1. The Morgan fingerprint density at radius 1 is 1.00 bits per heavy atom. The lowest BCUT2D eigenvalue weighted by atomic mass is 10.0. The number of hydrogen-bond donors (Lipinski definition) is 1. The zero-order chi connectivity index (χ0) is 25.4. The van der Waals surface area contributed by atoms with Crippen molar-refractivity contribution in [2.45, 2.75) is 6.92 Å². The van der Waals surface area contributed by atoms with E-state index in [4.69, 9.17) is 0 Å². The number of amides is 1. The van der Waals surface area contributed by atoms with Crippen molar-refractivity contribution in [1.82, 2.24) is 19.6 Å². The SMILES string of the molecule is Cc1c(/C=N/NC(=O)c2nn(C)c(=O)c3ccccc23)c2ccccn2c1C(=O)c1ccc(F)cc1. The molecule has 0 bridgehead atoms. The summed E-state index contributed by atoms with van der Waals surface area (Å²) >= 11 is 0. The Bertz CT molecular complexity index is 1750. The highest BCUT2D eigenvalue weighted by Crippen LogP contribution is 2.24. The summed E-state index contributed by atoms with van der Waals surface area (Å²) in [4.78, 5) is 38.5. The number of nitrogens with one attached hydrogen (secondary N) is 1. The highest BCUT2D eigenvalue weighted by molar-refractivity contribution is 6.12. The Kier molecular flexibility index (Phi) is 5.73. The number of aryl methyl sites for hydroxylation is 1. The van der Waals surface area contributed by atoms with E-state index in [1.807, 2.05) is 12.1 Å². The molecule has 36 heavy (non-hydrogen) atoms. The average molecular weight is 481 g/mol. The number of ketones is 1. The molecule has 0 unspecified atom stereocenters. The van der Waals surface area contributed by atoms with Crippen molar-refractivity contribution in [3.05, 3.63) is 117 Å². The predicted octanol–water partition coefficient (Wildman–Crippen LogP) is 3.63. The van der Waals surface area contributed by atoms with Crippen LogP contribution >= 0.6 is 0 Å². The highest BCUT2D eigenvalue weighted by Gasteiger charge is 2.21. The number of benzene rings is 2. The fourth-order valence-corrected chi connectivity index (χ4v) is 4.21. The van der Waals surface area contributed by atoms with Crippen LogP contribution in [0.15, 0.2) is 82.8 Å². The van der Waals surface area contributed by atoms with Crippen LogP contribution in [-0.2, 0) is 7.05 Å². The minimum absolute atomic E-state index is 0.0653. The van der Waals surface area contributed by atoms with Crippen LogP contribution in [0.25, 0.3) is 16.3 Å². The standard InChI is InChI=1S/C27H20FN5O3/c1-16-21(15-29-30-26(35)23-19-7-3-4-8-20(19)27(36)32(2)31-23)22-9-5-6-14-33(22)24(16)25(34)17-10-12-18(28)13-11-17/h3-15H,1-2H3,(H,30,35)/b29-15+. The van der Waals surface area contributed by atoms with Crippen molar-refractivity contribution in [1.29, 1.82) is 0 Å². The van der Waals surface area contributed by atoms with Gasteiger partial charge in [-0.2, -0.15) is 10.2 Å². The first-order valence-electron chi connectivity index (χ1n) is 11.1. The molecule has 5 aromatic rings. The Balaban J connectivity index is 1.50. The summed E-state index contributed by atoms with van der Waals surface area (Å²) in [6.07, 6.45) is 3.23. The maximum Gasteiger partial charge on any atom is 0.292 e. The molecule has 0 aliphatic rings. The van der Waals surface area contributed by atoms with Gasteiger partial charge in [0.05, 0.1) is 22.8 Å². The first-order valence-corrected chi connectivity index (χ1v) is 11.1. The van der Waals surface area contributed by atoms with Crippen LogP contribution in [0.5, 0.6) is 0 Å². The molecule has 0 fully saturated rings. The largest absolute Gasteiger partial charge is 0.313 e. The summed E-state index contributed by atoms with van der Waals surface area (Å²) in [6.45, 7) is 1.79. The van der Waals surface area contributed by atoms with Gasteiger partial charge in [-0.3, -0.25) is 14.4 Å². The van der Waals surface area contributed by atoms with Crippen molar-refractivity contribution in [3.8, 4) is 0 Å². The Morgan fingerprint density at radius 2 is 1.69 bits per heavy atom. The monoisotopic (exact) mass is 481 g/mol. The number of rotatable bonds is 5. The van der Waals surface area contributed by atoms with Gasteiger partial charge in [-0.25, -0.2) is 14.5 Å². The summed E-state index contributed by atoms with van der Waals surface area (Å²) in [7, 11) is 1.48. The van der Waals surface area contributed by atoms with E-state index in [2.05, 4.69) is 15.6 Å². The lowest BCUT2D eigenvalue weighted by Crippen LogP contribution is -2.27. The molecule has 0 spiro atoms. The summed E-state index contributed by atoms with van der Waals surface area (Å²) in [6, 6.07) is 17.6. The summed E-state index contributed by atoms with van der Waals surface area (Å²) < 4.78 is 16.2. The lowest BCUT2D eigenvalue weighted by molar-refractivity contribution is 0.0949. The van der Waals surface area contributed by atoms with E-state index in [1.165, 1.54) is 37.5 Å². The van der Waals surface area contributed by atoms with E-state index in [9.17, 15) is 18.8 Å². The molecule has 0 saturated heterocycles. The van der Waals surface area contributed by atoms with Gasteiger partial charge in [0.15, 0.2) is 5.69 Å². The zero-order valence-electron chi connectivity index (χ0n) is 19.4. The molecule has 8 nitrogen and oxygen atoms in total. The Morgan fingerprint density at radius 3 is 2.44 bits per heavy atom. The maximum absolute atomic E-state index is 13.4. The minimum Gasteiger partial charge on any atom is -0.313 e. The molecule has 1 N–H and O–H groups in total. The molecule has 178 valence electrons. The summed E-state index contributed by atoms with van der Waals surface area (Å²) in [5, 5.41) is 9.02.